The van der Waals surface area contributed by atoms with Gasteiger partial charge in [0.15, 0.2) is 0 Å². The summed E-state index contributed by atoms with van der Waals surface area (Å²) in [6, 6.07) is 10.5. The van der Waals surface area contributed by atoms with Crippen LogP contribution >= 0.6 is 0 Å². The molecule has 3 rings (SSSR count). The van der Waals surface area contributed by atoms with Crippen LogP contribution in [0.25, 0.3) is 0 Å². The molecular formula is C22H25FN2O2. The molecule has 0 aromatic heterocycles. The minimum atomic E-state index is -0.423. The average Bonchev–Trinajstić information content (AvgIpc) is 2.99. The van der Waals surface area contributed by atoms with Crippen LogP contribution in [-0.2, 0) is 9.59 Å². The summed E-state index contributed by atoms with van der Waals surface area (Å²) in [6.45, 7) is 8.32. The molecule has 2 amide bonds. The van der Waals surface area contributed by atoms with Gasteiger partial charge in [0.25, 0.3) is 0 Å². The third-order valence-corrected chi connectivity index (χ3v) is 5.11. The first-order chi connectivity index (χ1) is 12.8. The first-order valence-electron chi connectivity index (χ1n) is 9.24. The molecule has 4 nitrogen and oxygen atoms in total. The van der Waals surface area contributed by atoms with Gasteiger partial charge in [0.1, 0.15) is 5.82 Å². The maximum absolute atomic E-state index is 13.4. The van der Waals surface area contributed by atoms with Crippen LogP contribution in [0.5, 0.6) is 0 Å². The highest BCUT2D eigenvalue weighted by Gasteiger charge is 2.35. The van der Waals surface area contributed by atoms with Crippen molar-refractivity contribution in [1.82, 2.24) is 0 Å². The van der Waals surface area contributed by atoms with Crippen molar-refractivity contribution in [3.63, 3.8) is 0 Å². The molecule has 0 spiro atoms. The van der Waals surface area contributed by atoms with Gasteiger partial charge in [-0.15, -0.1) is 0 Å². The van der Waals surface area contributed by atoms with E-state index in [0.717, 1.165) is 11.3 Å². The second-order valence-electron chi connectivity index (χ2n) is 7.55. The molecule has 5 heteroatoms. The van der Waals surface area contributed by atoms with Crippen molar-refractivity contribution in [3.8, 4) is 0 Å². The summed E-state index contributed by atoms with van der Waals surface area (Å²) in [7, 11) is 0. The first kappa shape index (κ1) is 19.1. The Morgan fingerprint density at radius 1 is 1.15 bits per heavy atom. The van der Waals surface area contributed by atoms with Crippen LogP contribution in [0.4, 0.5) is 15.8 Å². The Kier molecular flexibility index (Phi) is 5.31. The fourth-order valence-corrected chi connectivity index (χ4v) is 3.58. The second-order valence-corrected chi connectivity index (χ2v) is 7.55. The molecule has 1 N–H and O–H groups in total. The summed E-state index contributed by atoms with van der Waals surface area (Å²) in [5, 5.41) is 2.80. The lowest BCUT2D eigenvalue weighted by molar-refractivity contribution is -0.122. The van der Waals surface area contributed by atoms with Crippen LogP contribution in [0.15, 0.2) is 36.4 Å². The Bertz CT molecular complexity index is 892. The van der Waals surface area contributed by atoms with Gasteiger partial charge in [0, 0.05) is 24.3 Å². The minimum absolute atomic E-state index is 0.0536. The van der Waals surface area contributed by atoms with Crippen LogP contribution in [-0.4, -0.2) is 18.4 Å². The fourth-order valence-electron chi connectivity index (χ4n) is 3.58. The van der Waals surface area contributed by atoms with E-state index in [1.54, 1.807) is 17.9 Å². The van der Waals surface area contributed by atoms with Gasteiger partial charge in [-0.1, -0.05) is 19.9 Å². The number of hydrogen-bond donors (Lipinski definition) is 1. The summed E-state index contributed by atoms with van der Waals surface area (Å²) in [4.78, 5) is 26.7. The van der Waals surface area contributed by atoms with Crippen LogP contribution in [0.1, 0.15) is 42.9 Å². The smallest absolute Gasteiger partial charge is 0.229 e. The number of hydrogen-bond acceptors (Lipinski definition) is 2. The lowest BCUT2D eigenvalue weighted by Crippen LogP contribution is -2.28. The van der Waals surface area contributed by atoms with E-state index < -0.39 is 5.92 Å². The van der Waals surface area contributed by atoms with E-state index >= 15 is 0 Å². The average molecular weight is 368 g/mol. The number of amides is 2. The lowest BCUT2D eigenvalue weighted by Gasteiger charge is -2.19. The molecule has 1 aliphatic heterocycles. The van der Waals surface area contributed by atoms with Crippen LogP contribution in [0.2, 0.25) is 0 Å². The summed E-state index contributed by atoms with van der Waals surface area (Å²) >= 11 is 0. The number of anilines is 2. The maximum atomic E-state index is 13.4. The monoisotopic (exact) mass is 368 g/mol. The van der Waals surface area contributed by atoms with Crippen molar-refractivity contribution < 1.29 is 14.0 Å². The number of benzene rings is 2. The largest absolute Gasteiger partial charge is 0.326 e. The molecule has 0 bridgehead atoms. The van der Waals surface area contributed by atoms with Crippen molar-refractivity contribution in [2.45, 2.75) is 40.0 Å². The normalized spacial score (nSPS) is 16.9. The number of rotatable bonds is 4. The zero-order valence-corrected chi connectivity index (χ0v) is 16.2. The molecule has 0 radical (unpaired) electrons. The maximum Gasteiger partial charge on any atom is 0.229 e. The van der Waals surface area contributed by atoms with E-state index in [0.29, 0.717) is 23.7 Å². The number of nitrogens with zero attached hydrogens (tertiary/aromatic N) is 1. The standard InChI is InChI=1S/C22H25FN2O2/c1-13(2)19-7-6-18(10-14(19)3)25-12-16(11-21(25)26)22(27)24-17-5-8-20(23)15(4)9-17/h5-10,13,16H,11-12H2,1-4H3,(H,24,27)/t16-/m1/s1. The van der Waals surface area contributed by atoms with Gasteiger partial charge in [-0.2, -0.15) is 0 Å². The third-order valence-electron chi connectivity index (χ3n) is 5.11. The molecule has 142 valence electrons. The lowest BCUT2D eigenvalue weighted by atomic mass is 9.97. The first-order valence-corrected chi connectivity index (χ1v) is 9.24. The van der Waals surface area contributed by atoms with Crippen molar-refractivity contribution in [3.05, 3.63) is 58.9 Å². The van der Waals surface area contributed by atoms with Gasteiger partial charge < -0.3 is 10.2 Å². The highest BCUT2D eigenvalue weighted by molar-refractivity contribution is 6.03. The zero-order valence-electron chi connectivity index (χ0n) is 16.2. The quantitative estimate of drug-likeness (QED) is 0.860. The highest BCUT2D eigenvalue weighted by Crippen LogP contribution is 2.29. The van der Waals surface area contributed by atoms with Crippen molar-refractivity contribution in [2.24, 2.45) is 5.92 Å². The zero-order chi connectivity index (χ0) is 19.7. The Morgan fingerprint density at radius 3 is 2.52 bits per heavy atom. The van der Waals surface area contributed by atoms with Gasteiger partial charge in [0.05, 0.1) is 5.92 Å². The Morgan fingerprint density at radius 2 is 1.89 bits per heavy atom. The van der Waals surface area contributed by atoms with Crippen molar-refractivity contribution >= 4 is 23.2 Å². The predicted molar refractivity (Wildman–Crippen MR) is 105 cm³/mol. The van der Waals surface area contributed by atoms with E-state index in [1.807, 2.05) is 19.1 Å². The molecule has 27 heavy (non-hydrogen) atoms. The van der Waals surface area contributed by atoms with Gasteiger partial charge in [-0.05, 0) is 66.8 Å². The van der Waals surface area contributed by atoms with E-state index in [1.165, 1.54) is 17.7 Å². The molecule has 1 saturated heterocycles. The number of carbonyl (C=O) groups excluding carboxylic acids is 2. The molecule has 0 saturated carbocycles. The predicted octanol–water partition coefficient (Wildman–Crippen LogP) is 4.56. The summed E-state index contributed by atoms with van der Waals surface area (Å²) in [5.74, 6) is -0.580. The fraction of sp³-hybridized carbons (Fsp3) is 0.364. The molecule has 2 aromatic carbocycles. The highest BCUT2D eigenvalue weighted by atomic mass is 19.1. The number of nitrogens with one attached hydrogen (secondary N) is 1. The third kappa shape index (κ3) is 4.02. The topological polar surface area (TPSA) is 49.4 Å². The molecule has 0 unspecified atom stereocenters. The van der Waals surface area contributed by atoms with Crippen LogP contribution in [0.3, 0.4) is 0 Å². The molecule has 0 aliphatic carbocycles. The van der Waals surface area contributed by atoms with Gasteiger partial charge in [-0.25, -0.2) is 4.39 Å². The van der Waals surface area contributed by atoms with Crippen molar-refractivity contribution in [1.29, 1.82) is 0 Å². The second kappa shape index (κ2) is 7.51. The van der Waals surface area contributed by atoms with E-state index in [4.69, 9.17) is 0 Å². The van der Waals surface area contributed by atoms with Crippen molar-refractivity contribution in [2.75, 3.05) is 16.8 Å². The summed E-state index contributed by atoms with van der Waals surface area (Å²) < 4.78 is 13.4. The van der Waals surface area contributed by atoms with Gasteiger partial charge >= 0.3 is 0 Å². The number of carbonyl (C=O) groups is 2. The van der Waals surface area contributed by atoms with Gasteiger partial charge in [-0.3, -0.25) is 9.59 Å². The number of aryl methyl sites for hydroxylation is 2. The Labute approximate surface area is 159 Å². The molecule has 1 fully saturated rings. The minimum Gasteiger partial charge on any atom is -0.326 e. The van der Waals surface area contributed by atoms with E-state index in [-0.39, 0.29) is 24.1 Å². The van der Waals surface area contributed by atoms with Crippen LogP contribution < -0.4 is 10.2 Å². The molecule has 1 aliphatic rings. The molecule has 1 heterocycles. The Hall–Kier alpha value is -2.69. The molecular weight excluding hydrogens is 343 g/mol. The van der Waals surface area contributed by atoms with Gasteiger partial charge in [0.2, 0.25) is 11.8 Å². The molecule has 1 atom stereocenters. The summed E-state index contributed by atoms with van der Waals surface area (Å²) in [6.07, 6.45) is 0.178. The Balaban J connectivity index is 1.72. The van der Waals surface area contributed by atoms with E-state index in [9.17, 15) is 14.0 Å². The van der Waals surface area contributed by atoms with E-state index in [2.05, 4.69) is 25.2 Å². The SMILES string of the molecule is Cc1cc(NC(=O)[C@@H]2CC(=O)N(c3ccc(C(C)C)c(C)c3)C2)ccc1F. The molecule has 2 aromatic rings. The van der Waals surface area contributed by atoms with Crippen LogP contribution in [0, 0.1) is 25.6 Å². The summed E-state index contributed by atoms with van der Waals surface area (Å²) in [5.41, 5.74) is 4.24. The number of halogens is 1.